The molecule has 1 unspecified atom stereocenters. The number of alkyl halides is 2. The van der Waals surface area contributed by atoms with Gasteiger partial charge in [0.1, 0.15) is 5.41 Å². The third-order valence-corrected chi connectivity index (χ3v) is 4.69. The van der Waals surface area contributed by atoms with Crippen molar-refractivity contribution < 1.29 is 13.6 Å². The molecular weight excluding hydrogens is 356 g/mol. The molecule has 0 N–H and O–H groups in total. The highest BCUT2D eigenvalue weighted by molar-refractivity contribution is 9.10. The first-order valence-electron chi connectivity index (χ1n) is 7.21. The van der Waals surface area contributed by atoms with E-state index in [9.17, 15) is 13.6 Å². The summed E-state index contributed by atoms with van der Waals surface area (Å²) < 4.78 is 27.8. The van der Waals surface area contributed by atoms with Crippen LogP contribution in [0.5, 0.6) is 0 Å². The summed E-state index contributed by atoms with van der Waals surface area (Å²) in [5.41, 5.74) is -0.907. The summed E-state index contributed by atoms with van der Waals surface area (Å²) in [4.78, 5) is 16.8. The van der Waals surface area contributed by atoms with Gasteiger partial charge in [0.2, 0.25) is 0 Å². The Morgan fingerprint density at radius 1 is 1.45 bits per heavy atom. The van der Waals surface area contributed by atoms with Gasteiger partial charge in [-0.25, -0.2) is 13.8 Å². The lowest BCUT2D eigenvalue weighted by Crippen LogP contribution is -2.45. The van der Waals surface area contributed by atoms with Gasteiger partial charge < -0.3 is 0 Å². The summed E-state index contributed by atoms with van der Waals surface area (Å²) >= 11 is 3.33. The van der Waals surface area contributed by atoms with Gasteiger partial charge in [-0.05, 0) is 40.4 Å². The van der Waals surface area contributed by atoms with E-state index in [1.54, 1.807) is 32.5 Å². The molecule has 1 atom stereocenters. The van der Waals surface area contributed by atoms with Gasteiger partial charge >= 0.3 is 0 Å². The number of hydrogen-bond acceptors (Lipinski definition) is 3. The average Bonchev–Trinajstić information content (AvgIpc) is 2.98. The van der Waals surface area contributed by atoms with E-state index in [0.717, 1.165) is 10.0 Å². The molecule has 2 rings (SSSR count). The zero-order valence-electron chi connectivity index (χ0n) is 12.5. The highest BCUT2D eigenvalue weighted by Gasteiger charge is 2.48. The predicted molar refractivity (Wildman–Crippen MR) is 83.7 cm³/mol. The molecule has 1 aliphatic heterocycles. The molecule has 1 aliphatic rings. The van der Waals surface area contributed by atoms with Crippen molar-refractivity contribution in [2.45, 2.75) is 45.6 Å². The van der Waals surface area contributed by atoms with Crippen LogP contribution in [0.1, 0.15) is 44.7 Å². The van der Waals surface area contributed by atoms with Crippen molar-refractivity contribution in [2.24, 2.45) is 10.5 Å². The third-order valence-electron chi connectivity index (χ3n) is 4.25. The second kappa shape index (κ2) is 6.81. The summed E-state index contributed by atoms with van der Waals surface area (Å²) in [5, 5.41) is 5.25. The Bertz CT molecular complexity index is 576. The summed E-state index contributed by atoms with van der Waals surface area (Å²) in [6, 6.07) is 1.45. The topological polar surface area (TPSA) is 45.6 Å². The Morgan fingerprint density at radius 3 is 2.68 bits per heavy atom. The Labute approximate surface area is 136 Å². The molecule has 0 radical (unpaired) electrons. The van der Waals surface area contributed by atoms with Crippen molar-refractivity contribution >= 4 is 28.1 Å². The SMILES string of the molecule is CCC(CC)(C(=O)N1N=CCC1c1cncc(Br)c1)C(F)F. The summed E-state index contributed by atoms with van der Waals surface area (Å²) in [7, 11) is 0. The van der Waals surface area contributed by atoms with E-state index >= 15 is 0 Å². The number of nitrogens with zero attached hydrogens (tertiary/aromatic N) is 3. The van der Waals surface area contributed by atoms with Crippen LogP contribution in [-0.2, 0) is 4.79 Å². The largest absolute Gasteiger partial charge is 0.272 e. The monoisotopic (exact) mass is 373 g/mol. The maximum atomic E-state index is 13.5. The number of pyridine rings is 1. The molecule has 0 aliphatic carbocycles. The van der Waals surface area contributed by atoms with Crippen molar-refractivity contribution in [3.05, 3.63) is 28.5 Å². The minimum absolute atomic E-state index is 0.0788. The maximum absolute atomic E-state index is 13.5. The van der Waals surface area contributed by atoms with Crippen LogP contribution in [0.2, 0.25) is 0 Å². The molecule has 0 saturated heterocycles. The van der Waals surface area contributed by atoms with E-state index in [1.165, 1.54) is 5.01 Å². The van der Waals surface area contributed by atoms with Gasteiger partial charge in [-0.1, -0.05) is 13.8 Å². The first-order chi connectivity index (χ1) is 10.5. The normalized spacial score (nSPS) is 18.3. The van der Waals surface area contributed by atoms with Gasteiger partial charge in [-0.3, -0.25) is 9.78 Å². The zero-order valence-corrected chi connectivity index (χ0v) is 14.1. The molecule has 2 heterocycles. The van der Waals surface area contributed by atoms with Crippen molar-refractivity contribution in [3.8, 4) is 0 Å². The molecule has 1 aromatic rings. The molecule has 1 amide bonds. The van der Waals surface area contributed by atoms with E-state index in [2.05, 4.69) is 26.0 Å². The van der Waals surface area contributed by atoms with E-state index < -0.39 is 17.7 Å². The first kappa shape index (κ1) is 17.0. The first-order valence-corrected chi connectivity index (χ1v) is 8.00. The van der Waals surface area contributed by atoms with E-state index in [0.29, 0.717) is 6.42 Å². The number of amides is 1. The van der Waals surface area contributed by atoms with Crippen LogP contribution < -0.4 is 0 Å². The van der Waals surface area contributed by atoms with Gasteiger partial charge in [-0.15, -0.1) is 0 Å². The lowest BCUT2D eigenvalue weighted by Gasteiger charge is -2.34. The number of hydrazone groups is 1. The molecule has 0 aromatic carbocycles. The fourth-order valence-corrected chi connectivity index (χ4v) is 3.06. The minimum Gasteiger partial charge on any atom is -0.272 e. The maximum Gasteiger partial charge on any atom is 0.255 e. The van der Waals surface area contributed by atoms with Crippen LogP contribution in [0.4, 0.5) is 8.78 Å². The lowest BCUT2D eigenvalue weighted by atomic mass is 9.81. The summed E-state index contributed by atoms with van der Waals surface area (Å²) in [6.07, 6.45) is 2.79. The molecule has 1 aromatic heterocycles. The van der Waals surface area contributed by atoms with Crippen LogP contribution in [-0.4, -0.2) is 28.5 Å². The average molecular weight is 374 g/mol. The van der Waals surface area contributed by atoms with Crippen molar-refractivity contribution in [3.63, 3.8) is 0 Å². The molecular formula is C15H18BrF2N3O. The molecule has 0 saturated carbocycles. The Hall–Kier alpha value is -1.37. The van der Waals surface area contributed by atoms with E-state index in [1.807, 2.05) is 6.07 Å². The molecule has 0 spiro atoms. The summed E-state index contributed by atoms with van der Waals surface area (Å²) in [5.74, 6) is -0.619. The molecule has 120 valence electrons. The quantitative estimate of drug-likeness (QED) is 0.777. The van der Waals surface area contributed by atoms with Crippen LogP contribution >= 0.6 is 15.9 Å². The van der Waals surface area contributed by atoms with Crippen molar-refractivity contribution in [1.29, 1.82) is 0 Å². The standard InChI is InChI=1S/C15H18BrF2N3O/c1-3-15(4-2,13(17)18)14(22)21-12(5-6-20-21)10-7-11(16)9-19-8-10/h6-9,12-13H,3-5H2,1-2H3. The second-order valence-corrected chi connectivity index (χ2v) is 6.22. The molecule has 0 fully saturated rings. The fourth-order valence-electron chi connectivity index (χ4n) is 2.68. The Morgan fingerprint density at radius 2 is 2.14 bits per heavy atom. The highest BCUT2D eigenvalue weighted by Crippen LogP contribution is 2.40. The van der Waals surface area contributed by atoms with Crippen LogP contribution in [0.25, 0.3) is 0 Å². The van der Waals surface area contributed by atoms with Gasteiger partial charge in [0.25, 0.3) is 12.3 Å². The molecule has 0 bridgehead atoms. The predicted octanol–water partition coefficient (Wildman–Crippen LogP) is 4.17. The molecule has 22 heavy (non-hydrogen) atoms. The lowest BCUT2D eigenvalue weighted by molar-refractivity contribution is -0.155. The number of halogens is 3. The highest BCUT2D eigenvalue weighted by atomic mass is 79.9. The van der Waals surface area contributed by atoms with E-state index in [4.69, 9.17) is 0 Å². The fraction of sp³-hybridized carbons (Fsp3) is 0.533. The smallest absolute Gasteiger partial charge is 0.255 e. The van der Waals surface area contributed by atoms with Crippen LogP contribution in [0.3, 0.4) is 0 Å². The second-order valence-electron chi connectivity index (χ2n) is 5.30. The molecule has 7 heteroatoms. The third kappa shape index (κ3) is 2.91. The number of aromatic nitrogens is 1. The number of rotatable bonds is 5. The van der Waals surface area contributed by atoms with Crippen LogP contribution in [0, 0.1) is 5.41 Å². The van der Waals surface area contributed by atoms with Crippen molar-refractivity contribution in [1.82, 2.24) is 9.99 Å². The van der Waals surface area contributed by atoms with Gasteiger partial charge in [0.15, 0.2) is 0 Å². The minimum atomic E-state index is -2.72. The number of carbonyl (C=O) groups is 1. The van der Waals surface area contributed by atoms with E-state index in [-0.39, 0.29) is 18.9 Å². The number of carbonyl (C=O) groups excluding carboxylic acids is 1. The van der Waals surface area contributed by atoms with Crippen LogP contribution in [0.15, 0.2) is 28.0 Å². The molecule has 4 nitrogen and oxygen atoms in total. The van der Waals surface area contributed by atoms with Crippen molar-refractivity contribution in [2.75, 3.05) is 0 Å². The zero-order chi connectivity index (χ0) is 16.3. The Balaban J connectivity index is 2.33. The summed E-state index contributed by atoms with van der Waals surface area (Å²) in [6.45, 7) is 3.23. The number of hydrogen-bond donors (Lipinski definition) is 0. The Kier molecular flexibility index (Phi) is 5.26. The van der Waals surface area contributed by atoms with Gasteiger partial charge in [0, 0.05) is 29.5 Å². The van der Waals surface area contributed by atoms with Gasteiger partial charge in [-0.2, -0.15) is 5.10 Å². The van der Waals surface area contributed by atoms with Gasteiger partial charge in [0.05, 0.1) is 6.04 Å².